The van der Waals surface area contributed by atoms with Crippen LogP contribution in [-0.4, -0.2) is 12.5 Å². The Hall–Kier alpha value is -1.52. The molecule has 100 valence electrons. The monoisotopic (exact) mass is 294 g/mol. The lowest BCUT2D eigenvalue weighted by Gasteiger charge is -2.11. The van der Waals surface area contributed by atoms with Gasteiger partial charge >= 0.3 is 0 Å². The Balaban J connectivity index is 2.21. The third-order valence-electron chi connectivity index (χ3n) is 2.57. The minimum atomic E-state index is -0.153. The molecule has 2 aromatic rings. The lowest BCUT2D eigenvalue weighted by molar-refractivity contribution is 0.102. The predicted octanol–water partition coefficient (Wildman–Crippen LogP) is 4.48. The fourth-order valence-corrected chi connectivity index (χ4v) is 2.41. The largest absolute Gasteiger partial charge is 0.384 e. The topological polar surface area (TPSA) is 41.1 Å². The SMILES string of the molecule is CCCNc1ccc(Cl)cc1C(=O)Nc1ccsc1. The van der Waals surface area contributed by atoms with Crippen LogP contribution < -0.4 is 10.6 Å². The van der Waals surface area contributed by atoms with E-state index in [-0.39, 0.29) is 5.91 Å². The fraction of sp³-hybridized carbons (Fsp3) is 0.214. The van der Waals surface area contributed by atoms with Crippen molar-refractivity contribution in [3.63, 3.8) is 0 Å². The van der Waals surface area contributed by atoms with Crippen LogP contribution >= 0.6 is 22.9 Å². The van der Waals surface area contributed by atoms with Crippen molar-refractivity contribution in [3.05, 3.63) is 45.6 Å². The molecule has 0 saturated carbocycles. The van der Waals surface area contributed by atoms with Crippen molar-refractivity contribution >= 4 is 40.2 Å². The maximum atomic E-state index is 12.2. The van der Waals surface area contributed by atoms with Crippen molar-refractivity contribution in [1.29, 1.82) is 0 Å². The number of anilines is 2. The van der Waals surface area contributed by atoms with Gasteiger partial charge in [-0.3, -0.25) is 4.79 Å². The molecule has 0 aliphatic carbocycles. The molecule has 1 amide bonds. The van der Waals surface area contributed by atoms with E-state index < -0.39 is 0 Å². The van der Waals surface area contributed by atoms with Crippen molar-refractivity contribution < 1.29 is 4.79 Å². The number of carbonyl (C=O) groups excluding carboxylic acids is 1. The van der Waals surface area contributed by atoms with Crippen LogP contribution in [0.15, 0.2) is 35.0 Å². The van der Waals surface area contributed by atoms with Gasteiger partial charge in [-0.1, -0.05) is 18.5 Å². The Bertz CT molecular complexity index is 555. The lowest BCUT2D eigenvalue weighted by atomic mass is 10.1. The number of halogens is 1. The van der Waals surface area contributed by atoms with Gasteiger partial charge in [0.05, 0.1) is 11.3 Å². The van der Waals surface area contributed by atoms with Gasteiger partial charge in [-0.15, -0.1) is 0 Å². The molecule has 0 bridgehead atoms. The molecule has 0 fully saturated rings. The van der Waals surface area contributed by atoms with E-state index in [2.05, 4.69) is 17.6 Å². The molecule has 0 atom stereocenters. The molecule has 1 aromatic carbocycles. The van der Waals surface area contributed by atoms with E-state index in [4.69, 9.17) is 11.6 Å². The molecule has 19 heavy (non-hydrogen) atoms. The minimum Gasteiger partial charge on any atom is -0.384 e. The summed E-state index contributed by atoms with van der Waals surface area (Å²) in [7, 11) is 0. The summed E-state index contributed by atoms with van der Waals surface area (Å²) in [5.74, 6) is -0.153. The lowest BCUT2D eigenvalue weighted by Crippen LogP contribution is -2.14. The second-order valence-corrected chi connectivity index (χ2v) is 5.30. The van der Waals surface area contributed by atoms with Crippen LogP contribution in [0.2, 0.25) is 5.02 Å². The molecule has 0 radical (unpaired) electrons. The van der Waals surface area contributed by atoms with Gasteiger partial charge in [0.25, 0.3) is 5.91 Å². The second-order valence-electron chi connectivity index (χ2n) is 4.08. The van der Waals surface area contributed by atoms with E-state index in [0.717, 1.165) is 24.3 Å². The summed E-state index contributed by atoms with van der Waals surface area (Å²) < 4.78 is 0. The molecule has 5 heteroatoms. The number of carbonyl (C=O) groups is 1. The molecule has 0 saturated heterocycles. The summed E-state index contributed by atoms with van der Waals surface area (Å²) in [5.41, 5.74) is 2.17. The molecular formula is C14H15ClN2OS. The smallest absolute Gasteiger partial charge is 0.257 e. The number of hydrogen-bond donors (Lipinski definition) is 2. The normalized spacial score (nSPS) is 10.2. The second kappa shape index (κ2) is 6.59. The number of nitrogens with one attached hydrogen (secondary N) is 2. The van der Waals surface area contributed by atoms with E-state index >= 15 is 0 Å². The molecule has 2 rings (SSSR count). The molecule has 0 spiro atoms. The highest BCUT2D eigenvalue weighted by Crippen LogP contribution is 2.22. The van der Waals surface area contributed by atoms with Gasteiger partial charge < -0.3 is 10.6 Å². The predicted molar refractivity (Wildman–Crippen MR) is 82.5 cm³/mol. The number of rotatable bonds is 5. The highest BCUT2D eigenvalue weighted by molar-refractivity contribution is 7.08. The first-order valence-corrected chi connectivity index (χ1v) is 7.39. The van der Waals surface area contributed by atoms with E-state index in [0.29, 0.717) is 10.6 Å². The Labute approximate surface area is 121 Å². The summed E-state index contributed by atoms with van der Waals surface area (Å²) in [5, 5.41) is 10.5. The Morgan fingerprint density at radius 2 is 2.21 bits per heavy atom. The summed E-state index contributed by atoms with van der Waals surface area (Å²) in [4.78, 5) is 12.2. The Morgan fingerprint density at radius 1 is 1.37 bits per heavy atom. The third-order valence-corrected chi connectivity index (χ3v) is 3.49. The average molecular weight is 295 g/mol. The van der Waals surface area contributed by atoms with Crippen LogP contribution in [-0.2, 0) is 0 Å². The van der Waals surface area contributed by atoms with Crippen molar-refractivity contribution in [3.8, 4) is 0 Å². The summed E-state index contributed by atoms with van der Waals surface area (Å²) in [6.07, 6.45) is 0.994. The van der Waals surface area contributed by atoms with Gasteiger partial charge in [0.1, 0.15) is 0 Å². The van der Waals surface area contributed by atoms with Gasteiger partial charge in [-0.2, -0.15) is 11.3 Å². The first-order chi connectivity index (χ1) is 9.20. The number of hydrogen-bond acceptors (Lipinski definition) is 3. The van der Waals surface area contributed by atoms with Gasteiger partial charge in [-0.25, -0.2) is 0 Å². The maximum absolute atomic E-state index is 12.2. The highest BCUT2D eigenvalue weighted by atomic mass is 35.5. The van der Waals surface area contributed by atoms with Crippen LogP contribution in [0, 0.1) is 0 Å². The zero-order valence-electron chi connectivity index (χ0n) is 10.6. The molecule has 1 aromatic heterocycles. The van der Waals surface area contributed by atoms with Crippen molar-refractivity contribution in [2.75, 3.05) is 17.2 Å². The average Bonchev–Trinajstić information content (AvgIpc) is 2.90. The standard InChI is InChI=1S/C14H15ClN2OS/c1-2-6-16-13-4-3-10(15)8-12(13)14(18)17-11-5-7-19-9-11/h3-5,7-9,16H,2,6H2,1H3,(H,17,18). The van der Waals surface area contributed by atoms with Crippen LogP contribution in [0.3, 0.4) is 0 Å². The Kier molecular flexibility index (Phi) is 4.82. The van der Waals surface area contributed by atoms with Crippen LogP contribution in [0.25, 0.3) is 0 Å². The van der Waals surface area contributed by atoms with Crippen LogP contribution in [0.5, 0.6) is 0 Å². The van der Waals surface area contributed by atoms with Crippen molar-refractivity contribution in [2.45, 2.75) is 13.3 Å². The fourth-order valence-electron chi connectivity index (χ4n) is 1.65. The van der Waals surface area contributed by atoms with E-state index in [9.17, 15) is 4.79 Å². The molecule has 2 N–H and O–H groups in total. The molecular weight excluding hydrogens is 280 g/mol. The number of thiophene rings is 1. The van der Waals surface area contributed by atoms with Crippen LogP contribution in [0.1, 0.15) is 23.7 Å². The zero-order valence-corrected chi connectivity index (χ0v) is 12.1. The number of amides is 1. The van der Waals surface area contributed by atoms with Gasteiger partial charge in [-0.05, 0) is 36.1 Å². The quantitative estimate of drug-likeness (QED) is 0.854. The highest BCUT2D eigenvalue weighted by Gasteiger charge is 2.12. The van der Waals surface area contributed by atoms with Crippen LogP contribution in [0.4, 0.5) is 11.4 Å². The van der Waals surface area contributed by atoms with Gasteiger partial charge in [0.2, 0.25) is 0 Å². The molecule has 0 unspecified atom stereocenters. The zero-order chi connectivity index (χ0) is 13.7. The van der Waals surface area contributed by atoms with Crippen molar-refractivity contribution in [2.24, 2.45) is 0 Å². The summed E-state index contributed by atoms with van der Waals surface area (Å²) in [6, 6.07) is 7.16. The first kappa shape index (κ1) is 13.9. The Morgan fingerprint density at radius 3 is 2.89 bits per heavy atom. The first-order valence-electron chi connectivity index (χ1n) is 6.07. The van der Waals surface area contributed by atoms with Crippen molar-refractivity contribution in [1.82, 2.24) is 0 Å². The minimum absolute atomic E-state index is 0.153. The maximum Gasteiger partial charge on any atom is 0.257 e. The molecule has 3 nitrogen and oxygen atoms in total. The molecule has 0 aliphatic heterocycles. The van der Waals surface area contributed by atoms with E-state index in [1.807, 2.05) is 22.9 Å². The number of benzene rings is 1. The van der Waals surface area contributed by atoms with Gasteiger partial charge in [0.15, 0.2) is 0 Å². The van der Waals surface area contributed by atoms with E-state index in [1.54, 1.807) is 23.5 Å². The molecule has 1 heterocycles. The van der Waals surface area contributed by atoms with E-state index in [1.165, 1.54) is 0 Å². The summed E-state index contributed by atoms with van der Waals surface area (Å²) >= 11 is 7.51. The summed E-state index contributed by atoms with van der Waals surface area (Å²) in [6.45, 7) is 2.90. The molecule has 0 aliphatic rings. The third kappa shape index (κ3) is 3.72. The van der Waals surface area contributed by atoms with Gasteiger partial charge in [0, 0.05) is 22.6 Å².